The molecule has 0 saturated heterocycles. The maximum Gasteiger partial charge on any atom is 0.0726 e. The lowest BCUT2D eigenvalue weighted by Gasteiger charge is -2.32. The second-order valence-electron chi connectivity index (χ2n) is 18.2. The maximum absolute atomic E-state index is 2.57. The summed E-state index contributed by atoms with van der Waals surface area (Å²) in [5.41, 5.74) is 20.5. The number of anilines is 3. The molecule has 0 N–H and O–H groups in total. The van der Waals surface area contributed by atoms with Crippen LogP contribution in [0.2, 0.25) is 0 Å². The average molecular weight is 840 g/mol. The molecule has 1 nitrogen and oxygen atoms in total. The van der Waals surface area contributed by atoms with Crippen LogP contribution >= 0.6 is 0 Å². The minimum absolute atomic E-state index is 0.607. The first kappa shape index (κ1) is 38.2. The molecule has 0 saturated carbocycles. The molecule has 0 radical (unpaired) electrons. The third-order valence-corrected chi connectivity index (χ3v) is 14.4. The highest BCUT2D eigenvalue weighted by molar-refractivity contribution is 6.26. The lowest BCUT2D eigenvalue weighted by Crippen LogP contribution is -2.26. The normalized spacial score (nSPS) is 14.7. The molecule has 1 atom stereocenters. The van der Waals surface area contributed by atoms with Gasteiger partial charge >= 0.3 is 0 Å². The van der Waals surface area contributed by atoms with Gasteiger partial charge in [0.15, 0.2) is 0 Å². The van der Waals surface area contributed by atoms with Gasteiger partial charge in [0.2, 0.25) is 0 Å². The van der Waals surface area contributed by atoms with E-state index in [9.17, 15) is 0 Å². The van der Waals surface area contributed by atoms with Gasteiger partial charge in [-0.05, 0) is 174 Å². The van der Waals surface area contributed by atoms with Crippen molar-refractivity contribution in [3.05, 3.63) is 281 Å². The molecule has 1 unspecified atom stereocenters. The number of nitrogens with zero attached hydrogens (tertiary/aromatic N) is 1. The third kappa shape index (κ3) is 5.73. The first-order valence-corrected chi connectivity index (χ1v) is 23.1. The van der Waals surface area contributed by atoms with Gasteiger partial charge in [-0.3, -0.25) is 0 Å². The van der Waals surface area contributed by atoms with Gasteiger partial charge in [-0.2, -0.15) is 0 Å². The van der Waals surface area contributed by atoms with Gasteiger partial charge in [0.25, 0.3) is 0 Å². The summed E-state index contributed by atoms with van der Waals surface area (Å²) in [6, 6.07) is 86.3. The van der Waals surface area contributed by atoms with Crippen molar-refractivity contribution in [3.8, 4) is 22.3 Å². The first-order valence-electron chi connectivity index (χ1n) is 23.1. The second-order valence-corrected chi connectivity index (χ2v) is 18.2. The van der Waals surface area contributed by atoms with Gasteiger partial charge in [-0.1, -0.05) is 187 Å². The summed E-state index contributed by atoms with van der Waals surface area (Å²) < 4.78 is 0. The molecule has 1 heteroatoms. The zero-order valence-corrected chi connectivity index (χ0v) is 37.0. The Morgan fingerprint density at radius 3 is 1.48 bits per heavy atom. The summed E-state index contributed by atoms with van der Waals surface area (Å²) in [6.07, 6.45) is 2.40. The van der Waals surface area contributed by atoms with Crippen LogP contribution < -0.4 is 4.90 Å². The van der Waals surface area contributed by atoms with Crippen LogP contribution in [0, 0.1) is 13.8 Å². The van der Waals surface area contributed by atoms with E-state index in [4.69, 9.17) is 0 Å². The van der Waals surface area contributed by atoms with Crippen molar-refractivity contribution >= 4 is 61.0 Å². The lowest BCUT2D eigenvalue weighted by molar-refractivity contribution is 0.794. The molecule has 66 heavy (non-hydrogen) atoms. The predicted molar refractivity (Wildman–Crippen MR) is 279 cm³/mol. The molecule has 13 rings (SSSR count). The molecule has 0 aromatic heterocycles. The molecule has 0 heterocycles. The number of fused-ring (bicyclic) bond motifs is 16. The van der Waals surface area contributed by atoms with Crippen LogP contribution in [-0.2, 0) is 5.41 Å². The Balaban J connectivity index is 1.13. The quantitative estimate of drug-likeness (QED) is 0.119. The lowest BCUT2D eigenvalue weighted by atomic mass is 9.70. The average Bonchev–Trinajstić information content (AvgIpc) is 3.83. The smallest absolute Gasteiger partial charge is 0.0726 e. The second kappa shape index (κ2) is 14.9. The van der Waals surface area contributed by atoms with Crippen molar-refractivity contribution in [1.82, 2.24) is 0 Å². The summed E-state index contributed by atoms with van der Waals surface area (Å²) in [6.45, 7) is 4.31. The van der Waals surface area contributed by atoms with E-state index >= 15 is 0 Å². The number of hydrogen-bond donors (Lipinski definition) is 0. The SMILES string of the molecule is Cc1ccc(/C(=C/c2ccc3c(c2)C2(c4ccccc4-c4cc5c6ccccc6c6ccccc6c5cc42)c2cc(N(c4ccccc4)c4ccc(C)cc4)ccc2-3)c2ccccc2)cc1. The van der Waals surface area contributed by atoms with E-state index in [1.165, 1.54) is 110 Å². The van der Waals surface area contributed by atoms with Crippen LogP contribution in [0.4, 0.5) is 17.1 Å². The molecular formula is C65H45N. The highest BCUT2D eigenvalue weighted by atomic mass is 15.1. The van der Waals surface area contributed by atoms with Gasteiger partial charge in [0, 0.05) is 17.1 Å². The standard InChI is InChI=1S/C65H45N/c1-42-25-30-46(31-26-42)57(45-15-5-3-6-16-45)37-44-29-35-55-56-36-34-49(66(47-17-7-4-8-18-47)48-32-27-43(2)28-33-48)39-63(56)65(62(55)38-44)61-24-14-13-23-54(61)60-40-58-52-21-11-9-19-50(52)51-20-10-12-22-53(51)59(58)41-64(60)65/h3-41H,1-2H3/b57-37+. The molecule has 0 fully saturated rings. The summed E-state index contributed by atoms with van der Waals surface area (Å²) in [4.78, 5) is 2.42. The molecule has 0 amide bonds. The highest BCUT2D eigenvalue weighted by Crippen LogP contribution is 2.64. The Labute approximate surface area is 386 Å². The van der Waals surface area contributed by atoms with Crippen LogP contribution in [0.25, 0.3) is 66.2 Å². The summed E-state index contributed by atoms with van der Waals surface area (Å²) in [5, 5.41) is 7.72. The Bertz CT molecular complexity index is 3750. The van der Waals surface area contributed by atoms with E-state index < -0.39 is 5.41 Å². The Morgan fingerprint density at radius 1 is 0.333 bits per heavy atom. The fraction of sp³-hybridized carbons (Fsp3) is 0.0462. The summed E-state index contributed by atoms with van der Waals surface area (Å²) in [7, 11) is 0. The first-order chi connectivity index (χ1) is 32.5. The van der Waals surface area contributed by atoms with Gasteiger partial charge in [0.05, 0.1) is 5.41 Å². The van der Waals surface area contributed by atoms with Crippen LogP contribution in [0.5, 0.6) is 0 Å². The van der Waals surface area contributed by atoms with Crippen molar-refractivity contribution < 1.29 is 0 Å². The Kier molecular flexibility index (Phi) is 8.63. The van der Waals surface area contributed by atoms with E-state index in [1.807, 2.05) is 0 Å². The topological polar surface area (TPSA) is 3.24 Å². The van der Waals surface area contributed by atoms with Crippen LogP contribution in [0.3, 0.4) is 0 Å². The number of benzene rings is 11. The molecular weight excluding hydrogens is 795 g/mol. The molecule has 2 aliphatic carbocycles. The van der Waals surface area contributed by atoms with Gasteiger partial charge in [-0.15, -0.1) is 0 Å². The van der Waals surface area contributed by atoms with Crippen LogP contribution in [-0.4, -0.2) is 0 Å². The van der Waals surface area contributed by atoms with Crippen LogP contribution in [0.1, 0.15) is 50.1 Å². The fourth-order valence-corrected chi connectivity index (χ4v) is 11.4. The van der Waals surface area contributed by atoms with Crippen molar-refractivity contribution in [2.75, 3.05) is 4.90 Å². The summed E-state index contributed by atoms with van der Waals surface area (Å²) in [5.74, 6) is 0. The monoisotopic (exact) mass is 839 g/mol. The van der Waals surface area contributed by atoms with E-state index in [2.05, 4.69) is 255 Å². The molecule has 0 aliphatic heterocycles. The van der Waals surface area contributed by atoms with Crippen molar-refractivity contribution in [2.24, 2.45) is 0 Å². The molecule has 310 valence electrons. The fourth-order valence-electron chi connectivity index (χ4n) is 11.4. The van der Waals surface area contributed by atoms with Gasteiger partial charge < -0.3 is 4.90 Å². The minimum Gasteiger partial charge on any atom is -0.310 e. The number of rotatable bonds is 6. The van der Waals surface area contributed by atoms with Gasteiger partial charge in [-0.25, -0.2) is 0 Å². The van der Waals surface area contributed by atoms with E-state index in [0.29, 0.717) is 0 Å². The van der Waals surface area contributed by atoms with Crippen molar-refractivity contribution in [1.29, 1.82) is 0 Å². The molecule has 2 aliphatic rings. The van der Waals surface area contributed by atoms with Crippen LogP contribution in [0.15, 0.2) is 231 Å². The highest BCUT2D eigenvalue weighted by Gasteiger charge is 2.52. The molecule has 1 spiro atoms. The Morgan fingerprint density at radius 2 is 0.803 bits per heavy atom. The largest absolute Gasteiger partial charge is 0.310 e. The third-order valence-electron chi connectivity index (χ3n) is 14.4. The van der Waals surface area contributed by atoms with E-state index in [0.717, 1.165) is 17.1 Å². The number of hydrogen-bond acceptors (Lipinski definition) is 1. The summed E-state index contributed by atoms with van der Waals surface area (Å²) >= 11 is 0. The van der Waals surface area contributed by atoms with Crippen molar-refractivity contribution in [2.45, 2.75) is 19.3 Å². The molecule has 11 aromatic carbocycles. The Hall–Kier alpha value is -8.26. The van der Waals surface area contributed by atoms with Gasteiger partial charge in [0.1, 0.15) is 0 Å². The minimum atomic E-state index is -0.607. The number of para-hydroxylation sites is 1. The zero-order chi connectivity index (χ0) is 43.9. The van der Waals surface area contributed by atoms with Crippen molar-refractivity contribution in [3.63, 3.8) is 0 Å². The molecule has 11 aromatic rings. The predicted octanol–water partition coefficient (Wildman–Crippen LogP) is 17.2. The molecule has 0 bridgehead atoms. The van der Waals surface area contributed by atoms with E-state index in [-0.39, 0.29) is 0 Å². The number of aryl methyl sites for hydroxylation is 2. The zero-order valence-electron chi connectivity index (χ0n) is 37.0. The van der Waals surface area contributed by atoms with E-state index in [1.54, 1.807) is 0 Å². The maximum atomic E-state index is 2.57.